The highest BCUT2D eigenvalue weighted by Crippen LogP contribution is 2.27. The largest absolute Gasteiger partial charge is 0.492 e. The van der Waals surface area contributed by atoms with Crippen LogP contribution in [0.1, 0.15) is 37.6 Å². The van der Waals surface area contributed by atoms with Crippen molar-refractivity contribution in [2.45, 2.75) is 39.3 Å². The van der Waals surface area contributed by atoms with Crippen molar-refractivity contribution in [3.8, 4) is 11.5 Å². The quantitative estimate of drug-likeness (QED) is 0.235. The molecule has 4 aromatic carbocycles. The van der Waals surface area contributed by atoms with Crippen molar-refractivity contribution in [3.05, 3.63) is 102 Å². The molecule has 4 nitrogen and oxygen atoms in total. The molecular weight excluding hydrogens is 420 g/mol. The van der Waals surface area contributed by atoms with E-state index in [1.165, 1.54) is 10.9 Å². The summed E-state index contributed by atoms with van der Waals surface area (Å²) in [4.78, 5) is 4.86. The van der Waals surface area contributed by atoms with E-state index in [0.29, 0.717) is 25.7 Å². The molecule has 0 saturated heterocycles. The molecule has 0 saturated carbocycles. The minimum Gasteiger partial charge on any atom is -0.492 e. The molecule has 1 unspecified atom stereocenters. The highest BCUT2D eigenvalue weighted by Gasteiger charge is 2.12. The van der Waals surface area contributed by atoms with E-state index in [9.17, 15) is 0 Å². The summed E-state index contributed by atoms with van der Waals surface area (Å²) in [5, 5.41) is 2.28. The number of aromatic nitrogens is 2. The first-order chi connectivity index (χ1) is 16.7. The maximum absolute atomic E-state index is 6.26. The Kier molecular flexibility index (Phi) is 6.48. The van der Waals surface area contributed by atoms with Gasteiger partial charge >= 0.3 is 0 Å². The monoisotopic (exact) mass is 450 g/mol. The fourth-order valence-electron chi connectivity index (χ4n) is 4.33. The molecule has 1 heterocycles. The van der Waals surface area contributed by atoms with Gasteiger partial charge in [0, 0.05) is 5.39 Å². The van der Waals surface area contributed by atoms with Crippen LogP contribution in [0.3, 0.4) is 0 Å². The molecule has 5 rings (SSSR count). The van der Waals surface area contributed by atoms with Crippen LogP contribution in [0.2, 0.25) is 0 Å². The van der Waals surface area contributed by atoms with Crippen LogP contribution in [0.15, 0.2) is 91.0 Å². The minimum atomic E-state index is 0.395. The van der Waals surface area contributed by atoms with E-state index in [0.717, 1.165) is 40.2 Å². The Hall–Kier alpha value is -3.79. The maximum atomic E-state index is 6.26. The van der Waals surface area contributed by atoms with Gasteiger partial charge in [0.2, 0.25) is 0 Å². The summed E-state index contributed by atoms with van der Waals surface area (Å²) in [7, 11) is 0. The van der Waals surface area contributed by atoms with Gasteiger partial charge in [0.15, 0.2) is 0 Å². The summed E-state index contributed by atoms with van der Waals surface area (Å²) in [6, 6.07) is 31.1. The molecule has 0 radical (unpaired) electrons. The standard InChI is InChI=1S/C30H30N2O2/c1-3-22(2)23-15-17-25(18-16-23)33-20-19-32-28-13-7-6-12-27(28)31-30(32)21-34-29-14-8-10-24-9-4-5-11-26(24)29/h4-18,22H,3,19-21H2,1-2H3. The summed E-state index contributed by atoms with van der Waals surface area (Å²) in [5.41, 5.74) is 3.41. The van der Waals surface area contributed by atoms with Gasteiger partial charge in [-0.05, 0) is 53.6 Å². The second-order valence-corrected chi connectivity index (χ2v) is 8.66. The molecule has 0 amide bonds. The van der Waals surface area contributed by atoms with Gasteiger partial charge in [0.1, 0.15) is 30.5 Å². The topological polar surface area (TPSA) is 36.3 Å². The minimum absolute atomic E-state index is 0.395. The normalized spacial score (nSPS) is 12.2. The fourth-order valence-corrected chi connectivity index (χ4v) is 4.33. The lowest BCUT2D eigenvalue weighted by Gasteiger charge is -2.13. The van der Waals surface area contributed by atoms with Crippen molar-refractivity contribution in [2.75, 3.05) is 6.61 Å². The smallest absolute Gasteiger partial charge is 0.148 e. The van der Waals surface area contributed by atoms with Crippen molar-refractivity contribution in [1.29, 1.82) is 0 Å². The van der Waals surface area contributed by atoms with E-state index in [2.05, 4.69) is 66.9 Å². The number of nitrogens with zero attached hydrogens (tertiary/aromatic N) is 2. The first kappa shape index (κ1) is 22.0. The van der Waals surface area contributed by atoms with Crippen LogP contribution in [-0.2, 0) is 13.2 Å². The Balaban J connectivity index is 1.32. The van der Waals surface area contributed by atoms with E-state index >= 15 is 0 Å². The predicted molar refractivity (Wildman–Crippen MR) is 139 cm³/mol. The summed E-state index contributed by atoms with van der Waals surface area (Å²) in [5.74, 6) is 3.22. The van der Waals surface area contributed by atoms with Gasteiger partial charge in [0.05, 0.1) is 17.6 Å². The van der Waals surface area contributed by atoms with Crippen LogP contribution in [0, 0.1) is 0 Å². The number of rotatable bonds is 9. The second kappa shape index (κ2) is 10.0. The Bertz CT molecular complexity index is 1380. The third-order valence-electron chi connectivity index (χ3n) is 6.49. The van der Waals surface area contributed by atoms with Crippen molar-refractivity contribution in [2.24, 2.45) is 0 Å². The lowest BCUT2D eigenvalue weighted by molar-refractivity contribution is 0.274. The zero-order valence-corrected chi connectivity index (χ0v) is 19.8. The molecule has 34 heavy (non-hydrogen) atoms. The van der Waals surface area contributed by atoms with E-state index < -0.39 is 0 Å². The zero-order chi connectivity index (χ0) is 23.3. The maximum Gasteiger partial charge on any atom is 0.148 e. The third kappa shape index (κ3) is 4.62. The van der Waals surface area contributed by atoms with Gasteiger partial charge in [-0.1, -0.05) is 74.5 Å². The average Bonchev–Trinajstić information content (AvgIpc) is 3.24. The molecule has 0 bridgehead atoms. The SMILES string of the molecule is CCC(C)c1ccc(OCCn2c(COc3cccc4ccccc34)nc3ccccc32)cc1. The first-order valence-corrected chi connectivity index (χ1v) is 12.0. The van der Waals surface area contributed by atoms with Gasteiger partial charge < -0.3 is 14.0 Å². The van der Waals surface area contributed by atoms with Crippen LogP contribution in [-0.4, -0.2) is 16.2 Å². The Morgan fingerprint density at radius 3 is 2.44 bits per heavy atom. The molecule has 0 aliphatic rings. The number of benzene rings is 4. The van der Waals surface area contributed by atoms with Gasteiger partial charge in [0.25, 0.3) is 0 Å². The molecule has 4 heteroatoms. The number of hydrogen-bond donors (Lipinski definition) is 0. The summed E-state index contributed by atoms with van der Waals surface area (Å²) in [6.45, 7) is 6.12. The number of fused-ring (bicyclic) bond motifs is 2. The van der Waals surface area contributed by atoms with Gasteiger partial charge in [-0.25, -0.2) is 4.98 Å². The van der Waals surface area contributed by atoms with Gasteiger partial charge in [-0.3, -0.25) is 0 Å². The van der Waals surface area contributed by atoms with Crippen LogP contribution in [0.5, 0.6) is 11.5 Å². The predicted octanol–water partition coefficient (Wildman–Crippen LogP) is 7.36. The van der Waals surface area contributed by atoms with E-state index in [-0.39, 0.29) is 0 Å². The van der Waals surface area contributed by atoms with Crippen molar-refractivity contribution < 1.29 is 9.47 Å². The van der Waals surface area contributed by atoms with Crippen LogP contribution in [0.25, 0.3) is 21.8 Å². The number of hydrogen-bond acceptors (Lipinski definition) is 3. The highest BCUT2D eigenvalue weighted by molar-refractivity contribution is 5.88. The van der Waals surface area contributed by atoms with Crippen LogP contribution < -0.4 is 9.47 Å². The average molecular weight is 451 g/mol. The Morgan fingerprint density at radius 2 is 1.59 bits per heavy atom. The fraction of sp³-hybridized carbons (Fsp3) is 0.233. The van der Waals surface area contributed by atoms with Crippen molar-refractivity contribution in [1.82, 2.24) is 9.55 Å². The van der Waals surface area contributed by atoms with Gasteiger partial charge in [-0.15, -0.1) is 0 Å². The molecular formula is C30H30N2O2. The summed E-state index contributed by atoms with van der Waals surface area (Å²) in [6.07, 6.45) is 1.14. The molecule has 0 aliphatic heterocycles. The first-order valence-electron chi connectivity index (χ1n) is 12.0. The van der Waals surface area contributed by atoms with Crippen molar-refractivity contribution in [3.63, 3.8) is 0 Å². The number of ether oxygens (including phenoxy) is 2. The molecule has 0 fully saturated rings. The Morgan fingerprint density at radius 1 is 0.824 bits per heavy atom. The second-order valence-electron chi connectivity index (χ2n) is 8.66. The van der Waals surface area contributed by atoms with Crippen LogP contribution >= 0.6 is 0 Å². The third-order valence-corrected chi connectivity index (χ3v) is 6.49. The van der Waals surface area contributed by atoms with E-state index in [4.69, 9.17) is 14.5 Å². The highest BCUT2D eigenvalue weighted by atomic mass is 16.5. The van der Waals surface area contributed by atoms with E-state index in [1.54, 1.807) is 0 Å². The number of imidazole rings is 1. The van der Waals surface area contributed by atoms with Gasteiger partial charge in [-0.2, -0.15) is 0 Å². The Labute approximate surface area is 200 Å². The molecule has 1 aromatic heterocycles. The van der Waals surface area contributed by atoms with E-state index in [1.807, 2.05) is 42.5 Å². The molecule has 5 aromatic rings. The lowest BCUT2D eigenvalue weighted by atomic mass is 9.99. The zero-order valence-electron chi connectivity index (χ0n) is 19.8. The van der Waals surface area contributed by atoms with Crippen LogP contribution in [0.4, 0.5) is 0 Å². The summed E-state index contributed by atoms with van der Waals surface area (Å²) >= 11 is 0. The van der Waals surface area contributed by atoms with Crippen molar-refractivity contribution >= 4 is 21.8 Å². The molecule has 0 spiro atoms. The molecule has 0 N–H and O–H groups in total. The molecule has 172 valence electrons. The number of para-hydroxylation sites is 2. The molecule has 0 aliphatic carbocycles. The summed E-state index contributed by atoms with van der Waals surface area (Å²) < 4.78 is 14.5. The lowest BCUT2D eigenvalue weighted by Crippen LogP contribution is -2.13. The molecule has 1 atom stereocenters.